The highest BCUT2D eigenvalue weighted by molar-refractivity contribution is 7.16. The number of thiophene rings is 1. The van der Waals surface area contributed by atoms with Crippen LogP contribution in [0.2, 0.25) is 4.34 Å². The van der Waals surface area contributed by atoms with Gasteiger partial charge in [0.15, 0.2) is 0 Å². The Hall–Kier alpha value is -2.09. The first-order valence-corrected chi connectivity index (χ1v) is 7.68. The van der Waals surface area contributed by atoms with Gasteiger partial charge in [-0.25, -0.2) is 4.98 Å². The summed E-state index contributed by atoms with van der Waals surface area (Å²) >= 11 is 7.49. The Morgan fingerprint density at radius 1 is 1.29 bits per heavy atom. The van der Waals surface area contributed by atoms with Crippen LogP contribution in [0.25, 0.3) is 10.9 Å². The van der Waals surface area contributed by atoms with Crippen LogP contribution in [0.15, 0.2) is 42.5 Å². The van der Waals surface area contributed by atoms with Gasteiger partial charge < -0.3 is 5.32 Å². The van der Waals surface area contributed by atoms with Crippen LogP contribution in [0.1, 0.15) is 23.4 Å². The Labute approximate surface area is 131 Å². The number of benzene rings is 1. The first kappa shape index (κ1) is 13.9. The van der Waals surface area contributed by atoms with Crippen molar-refractivity contribution in [1.82, 2.24) is 4.98 Å². The molecule has 0 fully saturated rings. The van der Waals surface area contributed by atoms with Gasteiger partial charge in [0.1, 0.15) is 11.9 Å². The number of anilines is 1. The first-order valence-electron chi connectivity index (χ1n) is 6.49. The van der Waals surface area contributed by atoms with Gasteiger partial charge in [-0.2, -0.15) is 5.26 Å². The van der Waals surface area contributed by atoms with Gasteiger partial charge in [0.2, 0.25) is 0 Å². The topological polar surface area (TPSA) is 48.7 Å². The number of fused-ring (bicyclic) bond motifs is 1. The van der Waals surface area contributed by atoms with Gasteiger partial charge in [0.05, 0.1) is 21.5 Å². The molecule has 1 aromatic carbocycles. The minimum Gasteiger partial charge on any atom is -0.362 e. The molecule has 0 aliphatic carbocycles. The monoisotopic (exact) mass is 313 g/mol. The lowest BCUT2D eigenvalue weighted by molar-refractivity contribution is 0.897. The fraction of sp³-hybridized carbons (Fsp3) is 0.125. The molecular formula is C16H12ClN3S. The summed E-state index contributed by atoms with van der Waals surface area (Å²) in [7, 11) is 0. The van der Waals surface area contributed by atoms with Crippen LogP contribution in [0, 0.1) is 11.3 Å². The van der Waals surface area contributed by atoms with Crippen molar-refractivity contribution in [3.63, 3.8) is 0 Å². The van der Waals surface area contributed by atoms with Gasteiger partial charge >= 0.3 is 0 Å². The van der Waals surface area contributed by atoms with Crippen LogP contribution >= 0.6 is 22.9 Å². The van der Waals surface area contributed by atoms with Gasteiger partial charge in [-0.1, -0.05) is 29.8 Å². The number of aromatic nitrogens is 1. The Morgan fingerprint density at radius 3 is 2.81 bits per heavy atom. The fourth-order valence-corrected chi connectivity index (χ4v) is 3.21. The molecule has 3 rings (SSSR count). The Morgan fingerprint density at radius 2 is 2.10 bits per heavy atom. The van der Waals surface area contributed by atoms with Crippen molar-refractivity contribution in [1.29, 1.82) is 5.26 Å². The lowest BCUT2D eigenvalue weighted by Crippen LogP contribution is -2.08. The molecule has 0 radical (unpaired) electrons. The summed E-state index contributed by atoms with van der Waals surface area (Å²) in [6, 6.07) is 15.7. The summed E-state index contributed by atoms with van der Waals surface area (Å²) in [5.74, 6) is 0.605. The normalized spacial score (nSPS) is 12.0. The van der Waals surface area contributed by atoms with Crippen LogP contribution < -0.4 is 5.32 Å². The first-order chi connectivity index (χ1) is 10.2. The molecule has 3 aromatic rings. The maximum absolute atomic E-state index is 9.32. The van der Waals surface area contributed by atoms with E-state index in [9.17, 15) is 5.26 Å². The molecule has 5 heteroatoms. The van der Waals surface area contributed by atoms with Gasteiger partial charge in [0.25, 0.3) is 0 Å². The smallest absolute Gasteiger partial charge is 0.145 e. The number of hydrogen-bond donors (Lipinski definition) is 1. The molecule has 21 heavy (non-hydrogen) atoms. The molecule has 0 amide bonds. The molecule has 0 spiro atoms. The molecular weight excluding hydrogens is 302 g/mol. The van der Waals surface area contributed by atoms with E-state index >= 15 is 0 Å². The quantitative estimate of drug-likeness (QED) is 0.740. The lowest BCUT2D eigenvalue weighted by atomic mass is 10.1. The van der Waals surface area contributed by atoms with E-state index in [4.69, 9.17) is 11.6 Å². The number of nitrogens with zero attached hydrogens (tertiary/aromatic N) is 2. The van der Waals surface area contributed by atoms with Gasteiger partial charge in [-0.05, 0) is 31.2 Å². The summed E-state index contributed by atoms with van der Waals surface area (Å²) in [6.45, 7) is 2.03. The van der Waals surface area contributed by atoms with E-state index in [0.717, 1.165) is 20.1 Å². The van der Waals surface area contributed by atoms with Crippen molar-refractivity contribution < 1.29 is 0 Å². The Kier molecular flexibility index (Phi) is 3.78. The van der Waals surface area contributed by atoms with Crippen molar-refractivity contribution in [2.45, 2.75) is 13.0 Å². The third-order valence-corrected chi connectivity index (χ3v) is 4.63. The second-order valence-electron chi connectivity index (χ2n) is 4.70. The zero-order valence-electron chi connectivity index (χ0n) is 11.3. The highest BCUT2D eigenvalue weighted by Gasteiger charge is 2.12. The maximum Gasteiger partial charge on any atom is 0.145 e. The summed E-state index contributed by atoms with van der Waals surface area (Å²) in [5.41, 5.74) is 1.42. The molecule has 3 nitrogen and oxygen atoms in total. The second-order valence-corrected chi connectivity index (χ2v) is 6.44. The van der Waals surface area contributed by atoms with Gasteiger partial charge in [-0.3, -0.25) is 0 Å². The van der Waals surface area contributed by atoms with E-state index in [1.165, 1.54) is 11.3 Å². The van der Waals surface area contributed by atoms with Crippen molar-refractivity contribution in [3.05, 3.63) is 57.2 Å². The molecule has 0 aliphatic rings. The summed E-state index contributed by atoms with van der Waals surface area (Å²) in [6.07, 6.45) is 0. The average Bonchev–Trinajstić information content (AvgIpc) is 2.93. The molecule has 0 saturated heterocycles. The predicted molar refractivity (Wildman–Crippen MR) is 87.8 cm³/mol. The highest BCUT2D eigenvalue weighted by Crippen LogP contribution is 2.30. The number of para-hydroxylation sites is 1. The Balaban J connectivity index is 1.97. The van der Waals surface area contributed by atoms with E-state index in [1.54, 1.807) is 0 Å². The van der Waals surface area contributed by atoms with Crippen molar-refractivity contribution in [2.75, 3.05) is 5.32 Å². The number of rotatable bonds is 3. The molecule has 0 saturated carbocycles. The molecule has 104 valence electrons. The molecule has 2 heterocycles. The van der Waals surface area contributed by atoms with Crippen molar-refractivity contribution in [2.24, 2.45) is 0 Å². The van der Waals surface area contributed by atoms with Crippen molar-refractivity contribution >= 4 is 39.7 Å². The summed E-state index contributed by atoms with van der Waals surface area (Å²) in [4.78, 5) is 5.67. The maximum atomic E-state index is 9.32. The SMILES string of the molecule is CC(Nc1nc2ccccc2cc1C#N)c1ccc(Cl)s1. The average molecular weight is 314 g/mol. The highest BCUT2D eigenvalue weighted by atomic mass is 35.5. The Bertz CT molecular complexity index is 835. The van der Waals surface area contributed by atoms with E-state index in [2.05, 4.69) is 16.4 Å². The summed E-state index contributed by atoms with van der Waals surface area (Å²) in [5, 5.41) is 13.6. The molecule has 1 N–H and O–H groups in total. The zero-order valence-corrected chi connectivity index (χ0v) is 12.9. The van der Waals surface area contributed by atoms with Crippen LogP contribution in [0.3, 0.4) is 0 Å². The number of nitrogens with one attached hydrogen (secondary N) is 1. The van der Waals surface area contributed by atoms with E-state index in [1.807, 2.05) is 49.4 Å². The lowest BCUT2D eigenvalue weighted by Gasteiger charge is -2.14. The fourth-order valence-electron chi connectivity index (χ4n) is 2.15. The minimum atomic E-state index is 0.0447. The van der Waals surface area contributed by atoms with Gasteiger partial charge in [0, 0.05) is 10.3 Å². The molecule has 1 atom stereocenters. The number of pyridine rings is 1. The van der Waals surface area contributed by atoms with Crippen LogP contribution in [0.5, 0.6) is 0 Å². The number of nitriles is 1. The number of hydrogen-bond acceptors (Lipinski definition) is 4. The minimum absolute atomic E-state index is 0.0447. The molecule has 0 aliphatic heterocycles. The van der Waals surface area contributed by atoms with E-state index in [-0.39, 0.29) is 6.04 Å². The van der Waals surface area contributed by atoms with Gasteiger partial charge in [-0.15, -0.1) is 11.3 Å². The van der Waals surface area contributed by atoms with Crippen molar-refractivity contribution in [3.8, 4) is 6.07 Å². The second kappa shape index (κ2) is 5.72. The standard InChI is InChI=1S/C16H12ClN3S/c1-10(14-6-7-15(17)21-14)19-16-12(9-18)8-11-4-2-3-5-13(11)20-16/h2-8,10H,1H3,(H,19,20). The van der Waals surface area contributed by atoms with Crippen LogP contribution in [-0.4, -0.2) is 4.98 Å². The number of halogens is 1. The summed E-state index contributed by atoms with van der Waals surface area (Å²) < 4.78 is 0.755. The zero-order chi connectivity index (χ0) is 14.8. The van der Waals surface area contributed by atoms with E-state index < -0.39 is 0 Å². The third-order valence-electron chi connectivity index (χ3n) is 3.22. The predicted octanol–water partition coefficient (Wildman–Crippen LogP) is 4.99. The van der Waals surface area contributed by atoms with Crippen LogP contribution in [0.4, 0.5) is 5.82 Å². The molecule has 2 aromatic heterocycles. The molecule has 0 bridgehead atoms. The molecule has 1 unspecified atom stereocenters. The third kappa shape index (κ3) is 2.85. The van der Waals surface area contributed by atoms with E-state index in [0.29, 0.717) is 11.4 Å². The van der Waals surface area contributed by atoms with Crippen LogP contribution in [-0.2, 0) is 0 Å². The largest absolute Gasteiger partial charge is 0.362 e.